The standard InChI is InChI=1S/C4H9S.Cu/c1-4(2,3)5;/h1-3H3;. The largest absolute Gasteiger partial charge is 0.0876 e. The molecule has 0 nitrogen and oxygen atoms in total. The van der Waals surface area contributed by atoms with Crippen LogP contribution in [0.4, 0.5) is 0 Å². The minimum absolute atomic E-state index is 0. The van der Waals surface area contributed by atoms with Crippen molar-refractivity contribution in [3.8, 4) is 0 Å². The van der Waals surface area contributed by atoms with E-state index < -0.39 is 0 Å². The predicted octanol–water partition coefficient (Wildman–Crippen LogP) is 1.98. The van der Waals surface area contributed by atoms with Crippen molar-refractivity contribution in [3.05, 3.63) is 0 Å². The zero-order valence-electron chi connectivity index (χ0n) is 4.21. The Kier molecular flexibility index (Phi) is 4.91. The first kappa shape index (κ1) is 9.98. The zero-order chi connectivity index (χ0) is 4.50. The van der Waals surface area contributed by atoms with Gasteiger partial charge in [0, 0.05) is 21.8 Å². The van der Waals surface area contributed by atoms with Gasteiger partial charge in [-0.2, -0.15) is 0 Å². The molecule has 0 amide bonds. The second-order valence-electron chi connectivity index (χ2n) is 2.11. The van der Waals surface area contributed by atoms with Crippen molar-refractivity contribution < 1.29 is 17.1 Å². The molecular formula is C4H9CuS. The van der Waals surface area contributed by atoms with Gasteiger partial charge in [-0.25, -0.2) is 0 Å². The Morgan fingerprint density at radius 2 is 1.17 bits per heavy atom. The Bertz CT molecular complexity index is 23.0. The molecule has 2 heteroatoms. The second kappa shape index (κ2) is 2.95. The molecule has 0 aliphatic heterocycles. The van der Waals surface area contributed by atoms with Crippen LogP contribution in [0.25, 0.3) is 0 Å². The Balaban J connectivity index is 0. The average molecular weight is 153 g/mol. The van der Waals surface area contributed by atoms with Crippen molar-refractivity contribution in [2.45, 2.75) is 25.5 Å². The molecule has 42 valence electrons. The number of hydrogen-bond donors (Lipinski definition) is 0. The van der Waals surface area contributed by atoms with E-state index in [1.165, 1.54) is 0 Å². The first-order valence-corrected chi connectivity index (χ1v) is 2.11. The van der Waals surface area contributed by atoms with Crippen molar-refractivity contribution in [1.82, 2.24) is 0 Å². The van der Waals surface area contributed by atoms with E-state index in [0.717, 1.165) is 0 Å². The summed E-state index contributed by atoms with van der Waals surface area (Å²) in [5, 5.41) is 0. The van der Waals surface area contributed by atoms with Crippen LogP contribution in [0.15, 0.2) is 0 Å². The normalized spacial score (nSPS) is 10.0. The van der Waals surface area contributed by atoms with Crippen molar-refractivity contribution in [2.24, 2.45) is 0 Å². The van der Waals surface area contributed by atoms with E-state index in [0.29, 0.717) is 0 Å². The number of rotatable bonds is 0. The molecule has 0 saturated carbocycles. The molecule has 0 bridgehead atoms. The number of hydrogen-bond acceptors (Lipinski definition) is 0. The van der Waals surface area contributed by atoms with Crippen molar-refractivity contribution >= 4 is 12.6 Å². The fourth-order valence-electron chi connectivity index (χ4n) is 0. The van der Waals surface area contributed by atoms with Crippen LogP contribution in [0.5, 0.6) is 0 Å². The summed E-state index contributed by atoms with van der Waals surface area (Å²) >= 11 is 4.83. The van der Waals surface area contributed by atoms with Crippen LogP contribution in [-0.2, 0) is 17.1 Å². The van der Waals surface area contributed by atoms with Crippen LogP contribution in [-0.4, -0.2) is 4.75 Å². The summed E-state index contributed by atoms with van der Waals surface area (Å²) < 4.78 is 0.0833. The summed E-state index contributed by atoms with van der Waals surface area (Å²) in [6.45, 7) is 6.01. The molecule has 2 radical (unpaired) electrons. The predicted molar refractivity (Wildman–Crippen MR) is 27.3 cm³/mol. The van der Waals surface area contributed by atoms with Gasteiger partial charge in [-0.05, 0) is 0 Å². The van der Waals surface area contributed by atoms with E-state index in [9.17, 15) is 0 Å². The minimum Gasteiger partial charge on any atom is -0.0876 e. The van der Waals surface area contributed by atoms with E-state index in [2.05, 4.69) is 0 Å². The van der Waals surface area contributed by atoms with Crippen LogP contribution in [0.2, 0.25) is 0 Å². The van der Waals surface area contributed by atoms with Gasteiger partial charge in [0.25, 0.3) is 0 Å². The van der Waals surface area contributed by atoms with E-state index in [4.69, 9.17) is 12.6 Å². The third-order valence-corrected chi connectivity index (χ3v) is 0. The fraction of sp³-hybridized carbons (Fsp3) is 1.00. The third kappa shape index (κ3) is 96.4. The molecule has 0 rings (SSSR count). The summed E-state index contributed by atoms with van der Waals surface area (Å²) in [6, 6.07) is 0. The summed E-state index contributed by atoms with van der Waals surface area (Å²) in [5.74, 6) is 0. The molecule has 0 aliphatic carbocycles. The molecule has 0 atom stereocenters. The maximum atomic E-state index is 4.83. The van der Waals surface area contributed by atoms with Crippen LogP contribution in [0, 0.1) is 0 Å². The van der Waals surface area contributed by atoms with Gasteiger partial charge in [-0.15, -0.1) is 0 Å². The molecule has 0 aliphatic rings. The van der Waals surface area contributed by atoms with Gasteiger partial charge < -0.3 is 0 Å². The third-order valence-electron chi connectivity index (χ3n) is 0. The summed E-state index contributed by atoms with van der Waals surface area (Å²) in [5.41, 5.74) is 0. The summed E-state index contributed by atoms with van der Waals surface area (Å²) in [7, 11) is 0. The van der Waals surface area contributed by atoms with E-state index in [1.807, 2.05) is 20.8 Å². The Morgan fingerprint density at radius 3 is 1.17 bits per heavy atom. The molecule has 0 unspecified atom stereocenters. The topological polar surface area (TPSA) is 0 Å². The Morgan fingerprint density at radius 1 is 1.17 bits per heavy atom. The Labute approximate surface area is 55.6 Å². The van der Waals surface area contributed by atoms with Crippen molar-refractivity contribution in [2.75, 3.05) is 0 Å². The van der Waals surface area contributed by atoms with Gasteiger partial charge in [-0.3, -0.25) is 0 Å². The van der Waals surface area contributed by atoms with Crippen molar-refractivity contribution in [1.29, 1.82) is 0 Å². The average Bonchev–Trinajstić information content (AvgIpc) is 0.722. The fourth-order valence-corrected chi connectivity index (χ4v) is 0. The molecule has 0 heterocycles. The molecule has 0 fully saturated rings. The molecule has 0 N–H and O–H groups in total. The van der Waals surface area contributed by atoms with Crippen LogP contribution in [0.3, 0.4) is 0 Å². The molecule has 0 spiro atoms. The molecular weight excluding hydrogens is 144 g/mol. The van der Waals surface area contributed by atoms with Crippen LogP contribution < -0.4 is 0 Å². The van der Waals surface area contributed by atoms with Crippen LogP contribution in [0.1, 0.15) is 20.8 Å². The molecule has 0 aromatic heterocycles. The van der Waals surface area contributed by atoms with Gasteiger partial charge in [0.2, 0.25) is 0 Å². The molecule has 6 heavy (non-hydrogen) atoms. The second-order valence-corrected chi connectivity index (χ2v) is 3.34. The first-order valence-electron chi connectivity index (χ1n) is 1.70. The van der Waals surface area contributed by atoms with E-state index >= 15 is 0 Å². The SMILES string of the molecule is CC(C)(C)[S].[Cu]. The van der Waals surface area contributed by atoms with Gasteiger partial charge in [-0.1, -0.05) is 33.4 Å². The van der Waals surface area contributed by atoms with Crippen LogP contribution >= 0.6 is 12.6 Å². The first-order chi connectivity index (χ1) is 2.00. The summed E-state index contributed by atoms with van der Waals surface area (Å²) in [4.78, 5) is 0. The maximum Gasteiger partial charge on any atom is 0.0179 e. The monoisotopic (exact) mass is 152 g/mol. The van der Waals surface area contributed by atoms with Gasteiger partial charge in [0.15, 0.2) is 0 Å². The van der Waals surface area contributed by atoms with Crippen molar-refractivity contribution in [3.63, 3.8) is 0 Å². The van der Waals surface area contributed by atoms with E-state index in [-0.39, 0.29) is 21.8 Å². The molecule has 0 saturated heterocycles. The van der Waals surface area contributed by atoms with Gasteiger partial charge >= 0.3 is 0 Å². The summed E-state index contributed by atoms with van der Waals surface area (Å²) in [6.07, 6.45) is 0. The zero-order valence-corrected chi connectivity index (χ0v) is 5.97. The quantitative estimate of drug-likeness (QED) is 0.466. The van der Waals surface area contributed by atoms with Gasteiger partial charge in [0.1, 0.15) is 0 Å². The van der Waals surface area contributed by atoms with E-state index in [1.54, 1.807) is 0 Å². The molecule has 0 aromatic carbocycles. The smallest absolute Gasteiger partial charge is 0.0179 e. The Hall–Kier alpha value is 0.869. The minimum atomic E-state index is 0. The maximum absolute atomic E-state index is 4.83. The molecule has 0 aromatic rings. The van der Waals surface area contributed by atoms with Gasteiger partial charge in [0.05, 0.1) is 0 Å².